The standard InChI is InChI=1S/C16H21BrN6O3S/c1-9(20-11-3-4-11)10(2)21-15-13(17)8-19-16(23-15)22-12-5-6-14(18-7-12)27(24,25)26/h5-11,20H,3-4H2,1-2H3,(H,24,25,26)(H2,19,21,22,23). The maximum Gasteiger partial charge on any atom is 0.312 e. The quantitative estimate of drug-likeness (QED) is 0.442. The van der Waals surface area contributed by atoms with Gasteiger partial charge in [-0.3, -0.25) is 4.55 Å². The molecular weight excluding hydrogens is 436 g/mol. The molecule has 0 amide bonds. The lowest BCUT2D eigenvalue weighted by Crippen LogP contribution is -2.41. The summed E-state index contributed by atoms with van der Waals surface area (Å²) in [6, 6.07) is 3.73. The lowest BCUT2D eigenvalue weighted by Gasteiger charge is -2.23. The Kier molecular flexibility index (Phi) is 5.94. The molecule has 0 bridgehead atoms. The van der Waals surface area contributed by atoms with Gasteiger partial charge in [-0.2, -0.15) is 13.4 Å². The largest absolute Gasteiger partial charge is 0.365 e. The summed E-state index contributed by atoms with van der Waals surface area (Å²) in [6.45, 7) is 4.21. The SMILES string of the molecule is CC(Nc1nc(Nc2ccc(S(=O)(=O)O)nc2)ncc1Br)C(C)NC1CC1. The molecule has 9 nitrogen and oxygen atoms in total. The number of rotatable bonds is 8. The molecule has 0 spiro atoms. The predicted molar refractivity (Wildman–Crippen MR) is 106 cm³/mol. The lowest BCUT2D eigenvalue weighted by atomic mass is 10.1. The lowest BCUT2D eigenvalue weighted by molar-refractivity contribution is 0.479. The minimum Gasteiger partial charge on any atom is -0.365 e. The monoisotopic (exact) mass is 456 g/mol. The number of nitrogens with zero attached hydrogens (tertiary/aromatic N) is 3. The Balaban J connectivity index is 1.69. The first-order chi connectivity index (χ1) is 12.7. The Bertz CT molecular complexity index is 905. The van der Waals surface area contributed by atoms with Gasteiger partial charge in [-0.1, -0.05) is 0 Å². The smallest absolute Gasteiger partial charge is 0.312 e. The summed E-state index contributed by atoms with van der Waals surface area (Å²) in [4.78, 5) is 12.4. The maximum atomic E-state index is 11.0. The first-order valence-corrected chi connectivity index (χ1v) is 10.7. The molecule has 1 saturated carbocycles. The van der Waals surface area contributed by atoms with Crippen molar-refractivity contribution in [1.82, 2.24) is 20.3 Å². The molecule has 3 rings (SSSR count). The Morgan fingerprint density at radius 1 is 1.19 bits per heavy atom. The molecular formula is C16H21BrN6O3S. The van der Waals surface area contributed by atoms with Gasteiger partial charge >= 0.3 is 10.1 Å². The van der Waals surface area contributed by atoms with Crippen molar-refractivity contribution < 1.29 is 13.0 Å². The molecule has 27 heavy (non-hydrogen) atoms. The third kappa shape index (κ3) is 5.58. The van der Waals surface area contributed by atoms with Crippen LogP contribution in [0.5, 0.6) is 0 Å². The minimum absolute atomic E-state index is 0.153. The summed E-state index contributed by atoms with van der Waals surface area (Å²) < 4.78 is 31.8. The van der Waals surface area contributed by atoms with Crippen LogP contribution in [0.25, 0.3) is 0 Å². The van der Waals surface area contributed by atoms with Crippen molar-refractivity contribution in [3.63, 3.8) is 0 Å². The van der Waals surface area contributed by atoms with Crippen LogP contribution in [0.1, 0.15) is 26.7 Å². The van der Waals surface area contributed by atoms with Crippen molar-refractivity contribution in [2.75, 3.05) is 10.6 Å². The highest BCUT2D eigenvalue weighted by Gasteiger charge is 2.25. The fraction of sp³-hybridized carbons (Fsp3) is 0.438. The van der Waals surface area contributed by atoms with Crippen LogP contribution >= 0.6 is 15.9 Å². The number of nitrogens with one attached hydrogen (secondary N) is 3. The van der Waals surface area contributed by atoms with Gasteiger partial charge in [0.25, 0.3) is 0 Å². The Hall–Kier alpha value is -1.82. The summed E-state index contributed by atoms with van der Waals surface area (Å²) in [7, 11) is -4.32. The highest BCUT2D eigenvalue weighted by molar-refractivity contribution is 9.10. The molecule has 4 N–H and O–H groups in total. The predicted octanol–water partition coefficient (Wildman–Crippen LogP) is 2.57. The van der Waals surface area contributed by atoms with Gasteiger partial charge in [-0.15, -0.1) is 0 Å². The zero-order valence-corrected chi connectivity index (χ0v) is 17.2. The third-order valence-corrected chi connectivity index (χ3v) is 5.54. The second kappa shape index (κ2) is 8.05. The van der Waals surface area contributed by atoms with Gasteiger partial charge in [0.05, 0.1) is 16.4 Å². The summed E-state index contributed by atoms with van der Waals surface area (Å²) in [5, 5.41) is 9.46. The maximum absolute atomic E-state index is 11.0. The summed E-state index contributed by atoms with van der Waals surface area (Å²) in [6.07, 6.45) is 5.37. The van der Waals surface area contributed by atoms with E-state index in [-0.39, 0.29) is 12.1 Å². The van der Waals surface area contributed by atoms with E-state index in [1.165, 1.54) is 31.2 Å². The van der Waals surface area contributed by atoms with E-state index in [9.17, 15) is 8.42 Å². The number of pyridine rings is 1. The molecule has 2 heterocycles. The van der Waals surface area contributed by atoms with E-state index in [1.807, 2.05) is 0 Å². The molecule has 0 saturated heterocycles. The van der Waals surface area contributed by atoms with Gasteiger partial charge in [-0.25, -0.2) is 9.97 Å². The van der Waals surface area contributed by atoms with E-state index in [4.69, 9.17) is 4.55 Å². The molecule has 1 aliphatic rings. The van der Waals surface area contributed by atoms with Gasteiger partial charge in [0.1, 0.15) is 5.82 Å². The van der Waals surface area contributed by atoms with Crippen molar-refractivity contribution >= 4 is 43.5 Å². The number of anilines is 3. The van der Waals surface area contributed by atoms with Crippen molar-refractivity contribution in [2.45, 2.75) is 49.8 Å². The summed E-state index contributed by atoms with van der Waals surface area (Å²) in [5.74, 6) is 0.976. The molecule has 11 heteroatoms. The average Bonchev–Trinajstić information content (AvgIpc) is 3.41. The number of halogens is 1. The molecule has 2 atom stereocenters. The van der Waals surface area contributed by atoms with Gasteiger partial charge in [0.2, 0.25) is 5.95 Å². The first-order valence-electron chi connectivity index (χ1n) is 8.48. The fourth-order valence-corrected chi connectivity index (χ4v) is 3.10. The van der Waals surface area contributed by atoms with E-state index >= 15 is 0 Å². The molecule has 146 valence electrons. The molecule has 1 fully saturated rings. The number of hydrogen-bond acceptors (Lipinski definition) is 8. The fourth-order valence-electron chi connectivity index (χ4n) is 2.37. The molecule has 2 aromatic rings. The molecule has 2 aromatic heterocycles. The Morgan fingerprint density at radius 2 is 1.93 bits per heavy atom. The molecule has 2 unspecified atom stereocenters. The topological polar surface area (TPSA) is 129 Å². The molecule has 0 aromatic carbocycles. The van der Waals surface area contributed by atoms with Crippen LogP contribution in [0.15, 0.2) is 34.0 Å². The van der Waals surface area contributed by atoms with Gasteiger partial charge in [-0.05, 0) is 54.8 Å². The van der Waals surface area contributed by atoms with E-state index < -0.39 is 15.1 Å². The van der Waals surface area contributed by atoms with Crippen molar-refractivity contribution in [3.8, 4) is 0 Å². The van der Waals surface area contributed by atoms with Crippen LogP contribution in [0.2, 0.25) is 0 Å². The van der Waals surface area contributed by atoms with E-state index in [2.05, 4.69) is 60.7 Å². The van der Waals surface area contributed by atoms with E-state index in [0.29, 0.717) is 23.5 Å². The molecule has 0 radical (unpaired) electrons. The van der Waals surface area contributed by atoms with Crippen LogP contribution in [0.4, 0.5) is 17.5 Å². The number of aromatic nitrogens is 3. The summed E-state index contributed by atoms with van der Waals surface area (Å²) in [5.41, 5.74) is 0.493. The van der Waals surface area contributed by atoms with Crippen LogP contribution in [0, 0.1) is 0 Å². The Labute approximate surface area is 166 Å². The Morgan fingerprint density at radius 3 is 2.52 bits per heavy atom. The first kappa shape index (κ1) is 19.9. The van der Waals surface area contributed by atoms with Gasteiger partial charge in [0.15, 0.2) is 5.03 Å². The average molecular weight is 457 g/mol. The van der Waals surface area contributed by atoms with Crippen LogP contribution in [-0.4, -0.2) is 46.0 Å². The van der Waals surface area contributed by atoms with Gasteiger partial charge < -0.3 is 16.0 Å². The molecule has 0 aliphatic heterocycles. The van der Waals surface area contributed by atoms with Crippen LogP contribution in [-0.2, 0) is 10.1 Å². The minimum atomic E-state index is -4.32. The molecule has 1 aliphatic carbocycles. The summed E-state index contributed by atoms with van der Waals surface area (Å²) >= 11 is 3.45. The second-order valence-electron chi connectivity index (χ2n) is 6.54. The van der Waals surface area contributed by atoms with Gasteiger partial charge in [0, 0.05) is 24.3 Å². The van der Waals surface area contributed by atoms with E-state index in [0.717, 1.165) is 4.47 Å². The second-order valence-corrected chi connectivity index (χ2v) is 8.76. The highest BCUT2D eigenvalue weighted by atomic mass is 79.9. The normalized spacial score (nSPS) is 16.6. The van der Waals surface area contributed by atoms with Crippen LogP contribution < -0.4 is 16.0 Å². The van der Waals surface area contributed by atoms with Crippen molar-refractivity contribution in [3.05, 3.63) is 29.0 Å². The highest BCUT2D eigenvalue weighted by Crippen LogP contribution is 2.24. The number of hydrogen-bond donors (Lipinski definition) is 4. The van der Waals surface area contributed by atoms with Crippen LogP contribution in [0.3, 0.4) is 0 Å². The van der Waals surface area contributed by atoms with Crippen molar-refractivity contribution in [2.24, 2.45) is 0 Å². The van der Waals surface area contributed by atoms with E-state index in [1.54, 1.807) is 6.20 Å². The zero-order valence-electron chi connectivity index (χ0n) is 14.8. The zero-order chi connectivity index (χ0) is 19.6. The third-order valence-electron chi connectivity index (χ3n) is 4.19. The van der Waals surface area contributed by atoms with Crippen molar-refractivity contribution in [1.29, 1.82) is 0 Å².